The molecule has 0 radical (unpaired) electrons. The Balaban J connectivity index is 1.97. The van der Waals surface area contributed by atoms with Gasteiger partial charge in [0.15, 0.2) is 0 Å². The van der Waals surface area contributed by atoms with E-state index in [4.69, 9.17) is 10.5 Å². The first kappa shape index (κ1) is 19.5. The van der Waals surface area contributed by atoms with E-state index in [1.807, 2.05) is 12.1 Å². The van der Waals surface area contributed by atoms with Crippen LogP contribution >= 0.6 is 0 Å². The molecule has 3 N–H and O–H groups in total. The summed E-state index contributed by atoms with van der Waals surface area (Å²) < 4.78 is 48.5. The maximum atomic E-state index is 14.0. The third-order valence-electron chi connectivity index (χ3n) is 5.36. The van der Waals surface area contributed by atoms with Crippen LogP contribution in [-0.2, 0) is 22.9 Å². The molecule has 28 heavy (non-hydrogen) atoms. The van der Waals surface area contributed by atoms with Crippen molar-refractivity contribution in [2.75, 3.05) is 13.7 Å². The molecule has 0 bridgehead atoms. The first-order valence-electron chi connectivity index (χ1n) is 9.56. The number of pyridine rings is 1. The summed E-state index contributed by atoms with van der Waals surface area (Å²) in [5.74, 6) is 0.757. The number of fused-ring (bicyclic) bond motifs is 2. The number of alkyl halides is 1. The van der Waals surface area contributed by atoms with Crippen molar-refractivity contribution in [1.29, 1.82) is 0 Å². The highest BCUT2D eigenvalue weighted by Gasteiger charge is 2.33. The molecule has 0 aliphatic heterocycles. The number of hydrogen-bond acceptors (Lipinski definition) is 5. The second-order valence-electron chi connectivity index (χ2n) is 8.48. The van der Waals surface area contributed by atoms with Crippen molar-refractivity contribution in [1.82, 2.24) is 9.71 Å². The number of halogens is 1. The van der Waals surface area contributed by atoms with Gasteiger partial charge in [-0.2, -0.15) is 0 Å². The Kier molecular flexibility index (Phi) is 4.63. The van der Waals surface area contributed by atoms with Gasteiger partial charge < -0.3 is 10.5 Å². The summed E-state index contributed by atoms with van der Waals surface area (Å²) in [6.07, 6.45) is 3.14. The molecule has 8 heteroatoms. The molecule has 4 rings (SSSR count). The number of nitrogens with two attached hydrogens (primary N) is 1. The van der Waals surface area contributed by atoms with E-state index in [2.05, 4.69) is 9.71 Å². The largest absolute Gasteiger partial charge is 0.481 e. The number of nitrogens with zero attached hydrogens (tertiary/aromatic N) is 1. The number of rotatable bonds is 6. The van der Waals surface area contributed by atoms with Gasteiger partial charge in [-0.3, -0.25) is 0 Å². The van der Waals surface area contributed by atoms with E-state index in [0.717, 1.165) is 29.7 Å². The van der Waals surface area contributed by atoms with Crippen LogP contribution in [0.15, 0.2) is 17.0 Å². The van der Waals surface area contributed by atoms with E-state index in [9.17, 15) is 12.8 Å². The Labute approximate surface area is 164 Å². The molecule has 2 aromatic rings. The number of sulfonamides is 1. The van der Waals surface area contributed by atoms with E-state index in [0.29, 0.717) is 35.4 Å². The fraction of sp³-hybridized carbons (Fsp3) is 0.550. The second kappa shape index (κ2) is 6.64. The Bertz CT molecular complexity index is 1040. The first-order valence-corrected chi connectivity index (χ1v) is 11.0. The number of methoxy groups -OCH3 is 1. The van der Waals surface area contributed by atoms with Crippen LogP contribution in [-0.4, -0.2) is 38.8 Å². The molecule has 1 fully saturated rings. The van der Waals surface area contributed by atoms with Gasteiger partial charge in [0.1, 0.15) is 5.67 Å². The topological polar surface area (TPSA) is 94.3 Å². The van der Waals surface area contributed by atoms with Crippen molar-refractivity contribution in [3.8, 4) is 5.88 Å². The van der Waals surface area contributed by atoms with Crippen LogP contribution in [0, 0.1) is 0 Å². The maximum Gasteiger partial charge on any atom is 0.241 e. The van der Waals surface area contributed by atoms with E-state index in [1.165, 1.54) is 21.0 Å². The predicted molar refractivity (Wildman–Crippen MR) is 106 cm³/mol. The molecule has 1 saturated carbocycles. The molecule has 0 amide bonds. The zero-order chi connectivity index (χ0) is 20.3. The lowest BCUT2D eigenvalue weighted by atomic mass is 10.0. The van der Waals surface area contributed by atoms with Gasteiger partial charge in [-0.1, -0.05) is 0 Å². The third-order valence-corrected chi connectivity index (χ3v) is 6.89. The molecule has 1 unspecified atom stereocenters. The molecule has 1 atom stereocenters. The van der Waals surface area contributed by atoms with Gasteiger partial charge in [-0.05, 0) is 62.8 Å². The van der Waals surface area contributed by atoms with Gasteiger partial charge in [-0.15, -0.1) is 0 Å². The molecular weight excluding hydrogens is 381 g/mol. The Morgan fingerprint density at radius 2 is 2.00 bits per heavy atom. The van der Waals surface area contributed by atoms with Gasteiger partial charge >= 0.3 is 0 Å². The Morgan fingerprint density at radius 1 is 1.29 bits per heavy atom. The number of ether oxygens (including phenoxy) is 1. The number of aromatic nitrogens is 1. The van der Waals surface area contributed by atoms with Gasteiger partial charge in [0.25, 0.3) is 0 Å². The fourth-order valence-corrected chi connectivity index (χ4v) is 5.53. The molecule has 0 saturated heterocycles. The molecule has 1 aromatic carbocycles. The average Bonchev–Trinajstić information content (AvgIpc) is 3.38. The van der Waals surface area contributed by atoms with Gasteiger partial charge in [0, 0.05) is 35.0 Å². The summed E-state index contributed by atoms with van der Waals surface area (Å²) in [7, 11) is -2.41. The highest BCUT2D eigenvalue weighted by atomic mass is 32.2. The molecule has 1 aromatic heterocycles. The van der Waals surface area contributed by atoms with Crippen LogP contribution in [0.5, 0.6) is 5.88 Å². The summed E-state index contributed by atoms with van der Waals surface area (Å²) in [6.45, 7) is 2.39. The fourth-order valence-electron chi connectivity index (χ4n) is 3.86. The predicted octanol–water partition coefficient (Wildman–Crippen LogP) is 2.57. The standard InChI is InChI=1S/C20H26FN3O3S/c1-20(2,21)10-23-28(25,26)18-14-8-13(22)6-12(14)7-16-15(18)9-17(11-4-5-11)24-19(16)27-3/h7,9,11,13,23H,4-6,8,10,22H2,1-3H3. The lowest BCUT2D eigenvalue weighted by molar-refractivity contribution is 0.221. The summed E-state index contributed by atoms with van der Waals surface area (Å²) >= 11 is 0. The molecule has 2 aliphatic rings. The highest BCUT2D eigenvalue weighted by molar-refractivity contribution is 7.89. The average molecular weight is 408 g/mol. The minimum atomic E-state index is -3.94. The van der Waals surface area contributed by atoms with Crippen LogP contribution in [0.3, 0.4) is 0 Å². The van der Waals surface area contributed by atoms with Gasteiger partial charge in [0.2, 0.25) is 15.9 Å². The normalized spacial score (nSPS) is 19.8. The van der Waals surface area contributed by atoms with Crippen molar-refractivity contribution in [2.24, 2.45) is 5.73 Å². The van der Waals surface area contributed by atoms with Crippen LogP contribution in [0.2, 0.25) is 0 Å². The van der Waals surface area contributed by atoms with Crippen LogP contribution in [0.1, 0.15) is 49.4 Å². The maximum absolute atomic E-state index is 14.0. The molecule has 6 nitrogen and oxygen atoms in total. The van der Waals surface area contributed by atoms with Crippen molar-refractivity contribution in [3.05, 3.63) is 29.0 Å². The van der Waals surface area contributed by atoms with Gasteiger partial charge in [-0.25, -0.2) is 22.5 Å². The summed E-state index contributed by atoms with van der Waals surface area (Å²) in [5, 5.41) is 1.23. The van der Waals surface area contributed by atoms with E-state index in [-0.39, 0.29) is 17.5 Å². The van der Waals surface area contributed by atoms with Crippen LogP contribution in [0.4, 0.5) is 4.39 Å². The summed E-state index contributed by atoms with van der Waals surface area (Å²) in [5.41, 5.74) is 6.93. The van der Waals surface area contributed by atoms with Gasteiger partial charge in [0.05, 0.1) is 12.0 Å². The Hall–Kier alpha value is -1.77. The van der Waals surface area contributed by atoms with Crippen LogP contribution in [0.25, 0.3) is 10.8 Å². The lowest BCUT2D eigenvalue weighted by Gasteiger charge is -2.19. The number of benzene rings is 1. The zero-order valence-electron chi connectivity index (χ0n) is 16.4. The molecule has 1 heterocycles. The van der Waals surface area contributed by atoms with Crippen molar-refractivity contribution in [3.63, 3.8) is 0 Å². The summed E-state index contributed by atoms with van der Waals surface area (Å²) in [6, 6.07) is 3.66. The Morgan fingerprint density at radius 3 is 2.61 bits per heavy atom. The minimum absolute atomic E-state index is 0.139. The van der Waals surface area contributed by atoms with Crippen LogP contribution < -0.4 is 15.2 Å². The monoisotopic (exact) mass is 407 g/mol. The quantitative estimate of drug-likeness (QED) is 0.768. The third kappa shape index (κ3) is 3.60. The zero-order valence-corrected chi connectivity index (χ0v) is 17.2. The lowest BCUT2D eigenvalue weighted by Crippen LogP contribution is -2.36. The van der Waals surface area contributed by atoms with Crippen molar-refractivity contribution < 1.29 is 17.5 Å². The first-order chi connectivity index (χ1) is 13.1. The molecule has 0 spiro atoms. The van der Waals surface area contributed by atoms with E-state index >= 15 is 0 Å². The number of nitrogens with one attached hydrogen (secondary N) is 1. The summed E-state index contributed by atoms with van der Waals surface area (Å²) in [4.78, 5) is 4.80. The van der Waals surface area contributed by atoms with E-state index < -0.39 is 15.7 Å². The van der Waals surface area contributed by atoms with Crippen molar-refractivity contribution >= 4 is 20.8 Å². The van der Waals surface area contributed by atoms with Crippen molar-refractivity contribution in [2.45, 2.75) is 62.1 Å². The molecular formula is C20H26FN3O3S. The minimum Gasteiger partial charge on any atom is -0.481 e. The second-order valence-corrected chi connectivity index (χ2v) is 10.2. The van der Waals surface area contributed by atoms with E-state index in [1.54, 1.807) is 0 Å². The number of hydrogen-bond donors (Lipinski definition) is 2. The smallest absolute Gasteiger partial charge is 0.241 e. The molecule has 152 valence electrons. The SMILES string of the molecule is COc1nc(C2CC2)cc2c(S(=O)(=O)NCC(C)(C)F)c3c(cc12)CC(N)C3. The molecule has 2 aliphatic carbocycles. The highest BCUT2D eigenvalue weighted by Crippen LogP contribution is 2.44.